The van der Waals surface area contributed by atoms with E-state index in [1.54, 1.807) is 0 Å². The number of carbonyl (C=O) groups is 1. The number of rotatable bonds is 3. The highest BCUT2D eigenvalue weighted by Gasteiger charge is 2.42. The molecule has 1 fully saturated rings. The summed E-state index contributed by atoms with van der Waals surface area (Å²) in [6.45, 7) is 0.784. The molecule has 1 heterocycles. The minimum atomic E-state index is -0.818. The first-order chi connectivity index (χ1) is 7.23. The number of aliphatic carboxylic acids is 1. The van der Waals surface area contributed by atoms with Gasteiger partial charge in [0.1, 0.15) is 0 Å². The fourth-order valence-electron chi connectivity index (χ4n) is 1.72. The molecule has 0 aliphatic carbocycles. The standard InChI is InChI=1S/C11H13NO2S.ClH/c13-10(14)11(7-4-8-12-11)15-9-5-2-1-3-6-9;/h1-3,5-6,12H,4,7-8H2,(H,13,14);1H/t11-;/m1./s1. The molecule has 1 aliphatic rings. The SMILES string of the molecule is Cl.O=C(O)[C@]1(Sc2ccccc2)CCCN1. The van der Waals surface area contributed by atoms with Crippen molar-refractivity contribution in [2.75, 3.05) is 6.54 Å². The third kappa shape index (κ3) is 2.70. The van der Waals surface area contributed by atoms with Crippen LogP contribution in [0.4, 0.5) is 0 Å². The van der Waals surface area contributed by atoms with Crippen molar-refractivity contribution in [2.24, 2.45) is 0 Å². The number of thioether (sulfide) groups is 1. The minimum absolute atomic E-state index is 0. The highest BCUT2D eigenvalue weighted by Crippen LogP contribution is 2.37. The first-order valence-electron chi connectivity index (χ1n) is 4.95. The molecule has 16 heavy (non-hydrogen) atoms. The van der Waals surface area contributed by atoms with Gasteiger partial charge in [-0.15, -0.1) is 12.4 Å². The van der Waals surface area contributed by atoms with Crippen LogP contribution in [0.5, 0.6) is 0 Å². The Hall–Kier alpha value is -0.710. The van der Waals surface area contributed by atoms with Crippen molar-refractivity contribution in [2.45, 2.75) is 22.6 Å². The van der Waals surface area contributed by atoms with Gasteiger partial charge in [0.05, 0.1) is 0 Å². The smallest absolute Gasteiger partial charge is 0.334 e. The van der Waals surface area contributed by atoms with Crippen molar-refractivity contribution in [3.63, 3.8) is 0 Å². The maximum atomic E-state index is 11.2. The molecule has 0 unspecified atom stereocenters. The number of carboxylic acids is 1. The Bertz CT molecular complexity index is 352. The summed E-state index contributed by atoms with van der Waals surface area (Å²) in [6, 6.07) is 9.66. The van der Waals surface area contributed by atoms with Crippen LogP contribution < -0.4 is 5.32 Å². The predicted molar refractivity (Wildman–Crippen MR) is 67.2 cm³/mol. The first kappa shape index (κ1) is 13.4. The van der Waals surface area contributed by atoms with Gasteiger partial charge in [0.15, 0.2) is 4.87 Å². The van der Waals surface area contributed by atoms with Crippen molar-refractivity contribution in [3.05, 3.63) is 30.3 Å². The largest absolute Gasteiger partial charge is 0.479 e. The molecule has 0 aromatic heterocycles. The second kappa shape index (κ2) is 5.57. The molecule has 2 rings (SSSR count). The summed E-state index contributed by atoms with van der Waals surface area (Å²) in [7, 11) is 0. The van der Waals surface area contributed by atoms with Crippen LogP contribution in [0.3, 0.4) is 0 Å². The number of carboxylic acid groups (broad SMARTS) is 1. The van der Waals surface area contributed by atoms with Gasteiger partial charge in [-0.05, 0) is 31.5 Å². The fourth-order valence-corrected chi connectivity index (χ4v) is 2.92. The molecule has 1 aromatic rings. The van der Waals surface area contributed by atoms with Crippen molar-refractivity contribution in [1.29, 1.82) is 0 Å². The van der Waals surface area contributed by atoms with Crippen LogP contribution in [-0.2, 0) is 4.79 Å². The van der Waals surface area contributed by atoms with E-state index in [-0.39, 0.29) is 12.4 Å². The highest BCUT2D eigenvalue weighted by molar-refractivity contribution is 8.01. The molecular weight excluding hydrogens is 246 g/mol. The van der Waals surface area contributed by atoms with Crippen molar-refractivity contribution >= 4 is 30.1 Å². The summed E-state index contributed by atoms with van der Waals surface area (Å²) in [4.78, 5) is 11.4. The van der Waals surface area contributed by atoms with Crippen LogP contribution in [0.2, 0.25) is 0 Å². The predicted octanol–water partition coefficient (Wildman–Crippen LogP) is 2.36. The van der Waals surface area contributed by atoms with E-state index < -0.39 is 10.8 Å². The van der Waals surface area contributed by atoms with E-state index >= 15 is 0 Å². The molecule has 0 bridgehead atoms. The third-order valence-corrected chi connectivity index (χ3v) is 3.88. The van der Waals surface area contributed by atoms with Gasteiger partial charge in [0.25, 0.3) is 0 Å². The summed E-state index contributed by atoms with van der Waals surface area (Å²) in [5.41, 5.74) is 0. The van der Waals surface area contributed by atoms with E-state index in [0.717, 1.165) is 17.9 Å². The lowest BCUT2D eigenvalue weighted by molar-refractivity contribution is -0.140. The zero-order chi connectivity index (χ0) is 10.7. The average Bonchev–Trinajstić information content (AvgIpc) is 2.69. The van der Waals surface area contributed by atoms with E-state index in [0.29, 0.717) is 6.42 Å². The topological polar surface area (TPSA) is 49.3 Å². The molecule has 88 valence electrons. The number of hydrogen-bond acceptors (Lipinski definition) is 3. The Morgan fingerprint density at radius 3 is 2.56 bits per heavy atom. The molecule has 1 aliphatic heterocycles. The first-order valence-corrected chi connectivity index (χ1v) is 5.77. The molecule has 5 heteroatoms. The van der Waals surface area contributed by atoms with Crippen LogP contribution in [-0.4, -0.2) is 22.5 Å². The Kier molecular flexibility index (Phi) is 4.65. The lowest BCUT2D eigenvalue weighted by Crippen LogP contribution is -2.44. The Balaban J connectivity index is 0.00000128. The normalized spacial score (nSPS) is 23.8. The average molecular weight is 260 g/mol. The monoisotopic (exact) mass is 259 g/mol. The Morgan fingerprint density at radius 1 is 1.38 bits per heavy atom. The molecule has 2 N–H and O–H groups in total. The van der Waals surface area contributed by atoms with Crippen LogP contribution in [0.25, 0.3) is 0 Å². The zero-order valence-electron chi connectivity index (χ0n) is 8.68. The number of nitrogens with one attached hydrogen (secondary N) is 1. The third-order valence-electron chi connectivity index (χ3n) is 2.50. The molecule has 0 radical (unpaired) electrons. The van der Waals surface area contributed by atoms with Gasteiger partial charge in [0.2, 0.25) is 0 Å². The van der Waals surface area contributed by atoms with Gasteiger partial charge in [-0.25, -0.2) is 4.79 Å². The molecule has 1 atom stereocenters. The van der Waals surface area contributed by atoms with Gasteiger partial charge >= 0.3 is 5.97 Å². The minimum Gasteiger partial charge on any atom is -0.479 e. The Morgan fingerprint density at radius 2 is 2.06 bits per heavy atom. The summed E-state index contributed by atoms with van der Waals surface area (Å²) >= 11 is 1.40. The lowest BCUT2D eigenvalue weighted by atomic mass is 10.2. The molecule has 0 saturated carbocycles. The van der Waals surface area contributed by atoms with Crippen molar-refractivity contribution in [1.82, 2.24) is 5.32 Å². The number of halogens is 1. The maximum Gasteiger partial charge on any atom is 0.334 e. The quantitative estimate of drug-likeness (QED) is 0.875. The van der Waals surface area contributed by atoms with Crippen LogP contribution in [0.1, 0.15) is 12.8 Å². The van der Waals surface area contributed by atoms with Gasteiger partial charge in [0, 0.05) is 4.90 Å². The molecule has 1 aromatic carbocycles. The molecule has 0 spiro atoms. The van der Waals surface area contributed by atoms with E-state index in [1.807, 2.05) is 30.3 Å². The van der Waals surface area contributed by atoms with Gasteiger partial charge < -0.3 is 5.11 Å². The van der Waals surface area contributed by atoms with Gasteiger partial charge in [-0.1, -0.05) is 30.0 Å². The van der Waals surface area contributed by atoms with Crippen LogP contribution in [0.15, 0.2) is 35.2 Å². The zero-order valence-corrected chi connectivity index (χ0v) is 10.3. The van der Waals surface area contributed by atoms with Crippen molar-refractivity contribution in [3.8, 4) is 0 Å². The summed E-state index contributed by atoms with van der Waals surface area (Å²) in [5, 5.41) is 12.3. The van der Waals surface area contributed by atoms with Crippen LogP contribution in [0, 0.1) is 0 Å². The highest BCUT2D eigenvalue weighted by atomic mass is 35.5. The summed E-state index contributed by atoms with van der Waals surface area (Å²) in [5.74, 6) is -0.770. The molecular formula is C11H14ClNO2S. The van der Waals surface area contributed by atoms with E-state index in [4.69, 9.17) is 0 Å². The van der Waals surface area contributed by atoms with Gasteiger partial charge in [-0.3, -0.25) is 5.32 Å². The molecule has 3 nitrogen and oxygen atoms in total. The Labute approximate surface area is 105 Å². The summed E-state index contributed by atoms with van der Waals surface area (Å²) in [6.07, 6.45) is 1.61. The summed E-state index contributed by atoms with van der Waals surface area (Å²) < 4.78 is 0. The van der Waals surface area contributed by atoms with E-state index in [2.05, 4.69) is 5.32 Å². The second-order valence-corrected chi connectivity index (χ2v) is 4.95. The number of benzene rings is 1. The van der Waals surface area contributed by atoms with Gasteiger partial charge in [-0.2, -0.15) is 0 Å². The second-order valence-electron chi connectivity index (χ2n) is 3.58. The van der Waals surface area contributed by atoms with E-state index in [1.165, 1.54) is 11.8 Å². The molecule has 1 saturated heterocycles. The van der Waals surface area contributed by atoms with E-state index in [9.17, 15) is 9.90 Å². The van der Waals surface area contributed by atoms with Crippen LogP contribution >= 0.6 is 24.2 Å². The fraction of sp³-hybridized carbons (Fsp3) is 0.364. The number of hydrogen-bond donors (Lipinski definition) is 2. The molecule has 0 amide bonds. The lowest BCUT2D eigenvalue weighted by Gasteiger charge is -2.23. The maximum absolute atomic E-state index is 11.2. The van der Waals surface area contributed by atoms with Crippen molar-refractivity contribution < 1.29 is 9.90 Å².